The molecule has 4 heterocycles. The van der Waals surface area contributed by atoms with Crippen molar-refractivity contribution in [2.75, 3.05) is 77.5 Å². The number of nitrogens with one attached hydrogen (secondary N) is 1. The number of likely N-dealkylation sites (tertiary alicyclic amines) is 1. The van der Waals surface area contributed by atoms with Crippen molar-refractivity contribution in [3.05, 3.63) is 58.5 Å². The topological polar surface area (TPSA) is 120 Å². The van der Waals surface area contributed by atoms with Gasteiger partial charge < -0.3 is 24.6 Å². The van der Waals surface area contributed by atoms with Crippen molar-refractivity contribution in [1.82, 2.24) is 30.0 Å². The number of methoxy groups -OCH3 is 1. The number of rotatable bonds is 10. The van der Waals surface area contributed by atoms with Crippen LogP contribution in [0.2, 0.25) is 5.02 Å². The largest absolute Gasteiger partial charge is 0.496 e. The van der Waals surface area contributed by atoms with E-state index in [-0.39, 0.29) is 24.0 Å². The number of hydrogen-bond acceptors (Lipinski definition) is 8. The molecule has 3 aliphatic heterocycles. The number of piperidine rings is 1. The smallest absolute Gasteiger partial charge is 0.321 e. The Balaban J connectivity index is 0.790. The summed E-state index contributed by atoms with van der Waals surface area (Å²) < 4.78 is 12.0. The number of anilines is 1. The predicted molar refractivity (Wildman–Crippen MR) is 205 cm³/mol. The molecule has 53 heavy (non-hydrogen) atoms. The van der Waals surface area contributed by atoms with E-state index < -0.39 is 0 Å². The second-order valence-corrected chi connectivity index (χ2v) is 15.3. The van der Waals surface area contributed by atoms with Gasteiger partial charge >= 0.3 is 6.03 Å². The molecule has 12 nitrogen and oxygen atoms in total. The van der Waals surface area contributed by atoms with Crippen LogP contribution in [0.5, 0.6) is 5.75 Å². The molecule has 0 atom stereocenters. The van der Waals surface area contributed by atoms with Gasteiger partial charge in [-0.15, -0.1) is 0 Å². The van der Waals surface area contributed by atoms with E-state index in [0.29, 0.717) is 60.9 Å². The van der Waals surface area contributed by atoms with Gasteiger partial charge in [0.05, 0.1) is 29.4 Å². The number of carbonyl (C=O) groups is 3. The number of fused-ring (bicyclic) bond motifs is 1. The molecule has 0 spiro atoms. The molecule has 3 aromatic rings. The average Bonchev–Trinajstić information content (AvgIpc) is 3.19. The van der Waals surface area contributed by atoms with Crippen molar-refractivity contribution in [2.45, 2.75) is 70.3 Å². The summed E-state index contributed by atoms with van der Waals surface area (Å²) in [6.07, 6.45) is 9.16. The number of hydrogen-bond donors (Lipinski definition) is 1. The fraction of sp³-hybridized carbons (Fsp3) is 0.575. The van der Waals surface area contributed by atoms with Gasteiger partial charge in [0.2, 0.25) is 5.91 Å². The highest BCUT2D eigenvalue weighted by Crippen LogP contribution is 2.41. The van der Waals surface area contributed by atoms with Crippen LogP contribution in [0.1, 0.15) is 79.0 Å². The molecule has 1 aromatic heterocycles. The summed E-state index contributed by atoms with van der Waals surface area (Å²) in [6.45, 7) is 9.38. The van der Waals surface area contributed by atoms with Crippen molar-refractivity contribution in [3.63, 3.8) is 0 Å². The molecule has 1 saturated carbocycles. The monoisotopic (exact) mass is 745 g/mol. The van der Waals surface area contributed by atoms with Gasteiger partial charge in [0.15, 0.2) is 0 Å². The van der Waals surface area contributed by atoms with E-state index in [9.17, 15) is 14.4 Å². The second-order valence-electron chi connectivity index (χ2n) is 14.9. The van der Waals surface area contributed by atoms with Gasteiger partial charge in [0.1, 0.15) is 11.6 Å². The Morgan fingerprint density at radius 3 is 2.45 bits per heavy atom. The maximum atomic E-state index is 13.5. The summed E-state index contributed by atoms with van der Waals surface area (Å²) >= 11 is 6.42. The first-order valence-electron chi connectivity index (χ1n) is 19.4. The maximum Gasteiger partial charge on any atom is 0.321 e. The Hall–Kier alpha value is -4.00. The van der Waals surface area contributed by atoms with Gasteiger partial charge in [0.25, 0.3) is 5.91 Å². The third-order valence-corrected chi connectivity index (χ3v) is 11.8. The number of carbonyl (C=O) groups excluding carboxylic acids is 3. The minimum absolute atomic E-state index is 0.0447. The fourth-order valence-corrected chi connectivity index (χ4v) is 8.64. The first-order valence-corrected chi connectivity index (χ1v) is 19.7. The molecule has 0 unspecified atom stereocenters. The van der Waals surface area contributed by atoms with Crippen LogP contribution in [-0.2, 0) is 9.53 Å². The van der Waals surface area contributed by atoms with Gasteiger partial charge in [0, 0.05) is 94.6 Å². The van der Waals surface area contributed by atoms with Gasteiger partial charge in [-0.2, -0.15) is 0 Å². The fourth-order valence-electron chi connectivity index (χ4n) is 8.43. The Morgan fingerprint density at radius 1 is 0.943 bits per heavy atom. The molecule has 0 radical (unpaired) electrons. The van der Waals surface area contributed by atoms with Gasteiger partial charge in [-0.3, -0.25) is 19.4 Å². The van der Waals surface area contributed by atoms with Gasteiger partial charge in [-0.05, 0) is 94.0 Å². The molecule has 4 amide bonds. The third kappa shape index (κ3) is 8.71. The number of amides is 4. The summed E-state index contributed by atoms with van der Waals surface area (Å²) in [5.74, 6) is 2.36. The zero-order valence-corrected chi connectivity index (χ0v) is 31.8. The molecular formula is C40H52ClN7O5. The number of ether oxygens (including phenoxy) is 2. The van der Waals surface area contributed by atoms with Gasteiger partial charge in [-0.1, -0.05) is 11.6 Å². The molecule has 284 valence electrons. The number of benzene rings is 2. The SMILES string of the molecule is COc1cc2nc(C)ncc2cc1C1CCC(C(=O)N2CCN(CCCOC3CCN(C(=O)c4ccc(Cl)c(N5CCCNC5=O)c4)CC3)CC2)CC1. The summed E-state index contributed by atoms with van der Waals surface area (Å²) in [5.41, 5.74) is 3.22. The zero-order valence-electron chi connectivity index (χ0n) is 31.0. The highest BCUT2D eigenvalue weighted by Gasteiger charge is 2.33. The van der Waals surface area contributed by atoms with E-state index >= 15 is 0 Å². The van der Waals surface area contributed by atoms with E-state index in [1.165, 1.54) is 5.56 Å². The summed E-state index contributed by atoms with van der Waals surface area (Å²) in [5, 5.41) is 4.33. The Labute approximate surface area is 317 Å². The normalized spacial score (nSPS) is 21.9. The Morgan fingerprint density at radius 2 is 1.72 bits per heavy atom. The molecule has 1 N–H and O–H groups in total. The molecule has 2 aromatic carbocycles. The number of halogens is 1. The first kappa shape index (κ1) is 37.3. The van der Waals surface area contributed by atoms with Crippen LogP contribution >= 0.6 is 11.6 Å². The molecule has 4 aliphatic rings. The molecule has 13 heteroatoms. The Kier molecular flexibility index (Phi) is 12.0. The summed E-state index contributed by atoms with van der Waals surface area (Å²) in [4.78, 5) is 56.2. The molecule has 4 fully saturated rings. The van der Waals surface area contributed by atoms with Crippen LogP contribution in [0.4, 0.5) is 10.5 Å². The van der Waals surface area contributed by atoms with Crippen molar-refractivity contribution >= 4 is 46.0 Å². The second kappa shape index (κ2) is 17.0. The average molecular weight is 746 g/mol. The number of piperazine rings is 1. The number of aryl methyl sites for hydroxylation is 1. The van der Waals surface area contributed by atoms with E-state index in [2.05, 4.69) is 31.2 Å². The van der Waals surface area contributed by atoms with Crippen LogP contribution in [0.3, 0.4) is 0 Å². The van der Waals surface area contributed by atoms with E-state index in [4.69, 9.17) is 21.1 Å². The van der Waals surface area contributed by atoms with Crippen LogP contribution < -0.4 is 15.0 Å². The zero-order chi connectivity index (χ0) is 36.9. The lowest BCUT2D eigenvalue weighted by Crippen LogP contribution is -2.50. The number of aromatic nitrogens is 2. The molecule has 7 rings (SSSR count). The van der Waals surface area contributed by atoms with Crippen molar-refractivity contribution in [2.24, 2.45) is 5.92 Å². The molecule has 1 aliphatic carbocycles. The van der Waals surface area contributed by atoms with Gasteiger partial charge in [-0.25, -0.2) is 14.8 Å². The third-order valence-electron chi connectivity index (χ3n) is 11.5. The molecular weight excluding hydrogens is 694 g/mol. The lowest BCUT2D eigenvalue weighted by molar-refractivity contribution is -0.138. The van der Waals surface area contributed by atoms with E-state index in [1.807, 2.05) is 24.1 Å². The Bertz CT molecular complexity index is 1780. The van der Waals surface area contributed by atoms with Crippen molar-refractivity contribution in [1.29, 1.82) is 0 Å². The van der Waals surface area contributed by atoms with Crippen LogP contribution in [0, 0.1) is 12.8 Å². The van der Waals surface area contributed by atoms with Crippen molar-refractivity contribution in [3.8, 4) is 5.75 Å². The minimum Gasteiger partial charge on any atom is -0.496 e. The van der Waals surface area contributed by atoms with E-state index in [1.54, 1.807) is 30.2 Å². The highest BCUT2D eigenvalue weighted by atomic mass is 35.5. The number of urea groups is 1. The molecule has 0 bridgehead atoms. The standard InChI is InChI=1S/C40H52ClN7O5/c1-27-43-26-31-23-33(37(52-2)25-35(31)44-27)28-5-7-29(8-6-28)38(49)47-20-18-45(19-21-47)14-4-22-53-32-11-16-46(17-12-32)39(50)30-9-10-34(41)36(24-30)48-15-3-13-42-40(48)51/h9-10,23-26,28-29,32H,3-8,11-22H2,1-2H3,(H,42,51). The molecule has 3 saturated heterocycles. The number of nitrogens with zero attached hydrogens (tertiary/aromatic N) is 6. The van der Waals surface area contributed by atoms with E-state index in [0.717, 1.165) is 107 Å². The predicted octanol–water partition coefficient (Wildman–Crippen LogP) is 5.65. The minimum atomic E-state index is -0.186. The first-order chi connectivity index (χ1) is 25.8. The lowest BCUT2D eigenvalue weighted by Gasteiger charge is -2.38. The summed E-state index contributed by atoms with van der Waals surface area (Å²) in [7, 11) is 1.72. The lowest BCUT2D eigenvalue weighted by atomic mass is 9.77. The summed E-state index contributed by atoms with van der Waals surface area (Å²) in [6, 6.07) is 9.19. The maximum absolute atomic E-state index is 13.5. The quantitative estimate of drug-likeness (QED) is 0.265. The highest BCUT2D eigenvalue weighted by molar-refractivity contribution is 6.34. The van der Waals surface area contributed by atoms with Crippen LogP contribution in [0.25, 0.3) is 10.9 Å². The van der Waals surface area contributed by atoms with Crippen LogP contribution in [-0.4, -0.2) is 121 Å². The van der Waals surface area contributed by atoms with Crippen molar-refractivity contribution < 1.29 is 23.9 Å². The van der Waals surface area contributed by atoms with Crippen LogP contribution in [0.15, 0.2) is 36.5 Å².